The second-order valence-corrected chi connectivity index (χ2v) is 5.64. The van der Waals surface area contributed by atoms with Gasteiger partial charge in [0.25, 0.3) is 5.91 Å². The molecular weight excluding hydrogens is 358 g/mol. The van der Waals surface area contributed by atoms with Crippen molar-refractivity contribution in [2.24, 2.45) is 0 Å². The minimum absolute atomic E-state index is 0.167. The second kappa shape index (κ2) is 8.51. The predicted octanol–water partition coefficient (Wildman–Crippen LogP) is 3.36. The fraction of sp³-hybridized carbons (Fsp3) is 0.100. The van der Waals surface area contributed by atoms with Gasteiger partial charge in [0.2, 0.25) is 0 Å². The SMILES string of the molecule is COc1ccc(NC(=O)c2ccc(Nc3ccc(C#N)cc3)nn2)cc1OC. The van der Waals surface area contributed by atoms with E-state index in [1.807, 2.05) is 0 Å². The zero-order valence-corrected chi connectivity index (χ0v) is 15.3. The summed E-state index contributed by atoms with van der Waals surface area (Å²) in [6.45, 7) is 0. The Morgan fingerprint density at radius 3 is 2.25 bits per heavy atom. The number of nitrogens with zero attached hydrogens (tertiary/aromatic N) is 3. The largest absolute Gasteiger partial charge is 0.493 e. The molecule has 3 rings (SSSR count). The van der Waals surface area contributed by atoms with E-state index in [0.29, 0.717) is 28.6 Å². The molecular formula is C20H17N5O3. The molecule has 28 heavy (non-hydrogen) atoms. The highest BCUT2D eigenvalue weighted by molar-refractivity contribution is 6.03. The summed E-state index contributed by atoms with van der Waals surface area (Å²) >= 11 is 0. The number of amides is 1. The minimum atomic E-state index is -0.398. The highest BCUT2D eigenvalue weighted by Gasteiger charge is 2.11. The predicted molar refractivity (Wildman–Crippen MR) is 104 cm³/mol. The second-order valence-electron chi connectivity index (χ2n) is 5.64. The number of nitrogens with one attached hydrogen (secondary N) is 2. The Hall–Kier alpha value is -4.12. The van der Waals surface area contributed by atoms with Crippen LogP contribution < -0.4 is 20.1 Å². The molecule has 0 aliphatic carbocycles. The zero-order valence-electron chi connectivity index (χ0n) is 15.3. The van der Waals surface area contributed by atoms with E-state index in [-0.39, 0.29) is 5.69 Å². The van der Waals surface area contributed by atoms with Crippen LogP contribution in [-0.2, 0) is 0 Å². The number of benzene rings is 2. The van der Waals surface area contributed by atoms with E-state index in [0.717, 1.165) is 5.69 Å². The van der Waals surface area contributed by atoms with Crippen LogP contribution in [-0.4, -0.2) is 30.3 Å². The van der Waals surface area contributed by atoms with Gasteiger partial charge in [0.1, 0.15) is 0 Å². The van der Waals surface area contributed by atoms with Crippen LogP contribution in [0, 0.1) is 11.3 Å². The number of ether oxygens (including phenoxy) is 2. The lowest BCUT2D eigenvalue weighted by Gasteiger charge is -2.10. The summed E-state index contributed by atoms with van der Waals surface area (Å²) in [6, 6.07) is 17.2. The van der Waals surface area contributed by atoms with Crippen molar-refractivity contribution < 1.29 is 14.3 Å². The molecule has 2 N–H and O–H groups in total. The van der Waals surface area contributed by atoms with E-state index in [4.69, 9.17) is 14.7 Å². The fourth-order valence-electron chi connectivity index (χ4n) is 2.41. The van der Waals surface area contributed by atoms with E-state index in [1.165, 1.54) is 7.11 Å². The molecule has 0 aliphatic heterocycles. The van der Waals surface area contributed by atoms with Crippen molar-refractivity contribution in [2.75, 3.05) is 24.9 Å². The number of rotatable bonds is 6. The summed E-state index contributed by atoms with van der Waals surface area (Å²) in [5, 5.41) is 22.6. The standard InChI is InChI=1S/C20H17N5O3/c1-27-17-9-7-15(11-18(17)28-2)23-20(26)16-8-10-19(25-24-16)22-14-5-3-13(12-21)4-6-14/h3-11H,1-2H3,(H,22,25)(H,23,26). The Bertz CT molecular complexity index is 1010. The highest BCUT2D eigenvalue weighted by atomic mass is 16.5. The van der Waals surface area contributed by atoms with Gasteiger partial charge in [-0.1, -0.05) is 0 Å². The normalized spacial score (nSPS) is 9.89. The third-order valence-electron chi connectivity index (χ3n) is 3.82. The first-order chi connectivity index (χ1) is 13.6. The monoisotopic (exact) mass is 375 g/mol. The van der Waals surface area contributed by atoms with E-state index in [1.54, 1.807) is 61.7 Å². The minimum Gasteiger partial charge on any atom is -0.493 e. The maximum Gasteiger partial charge on any atom is 0.276 e. The van der Waals surface area contributed by atoms with Crippen molar-refractivity contribution in [3.63, 3.8) is 0 Å². The topological polar surface area (TPSA) is 109 Å². The smallest absolute Gasteiger partial charge is 0.276 e. The molecule has 0 saturated heterocycles. The van der Waals surface area contributed by atoms with Crippen molar-refractivity contribution >= 4 is 23.1 Å². The molecule has 0 spiro atoms. The van der Waals surface area contributed by atoms with Crippen LogP contribution >= 0.6 is 0 Å². The van der Waals surface area contributed by atoms with Crippen LogP contribution in [0.15, 0.2) is 54.6 Å². The molecule has 1 amide bonds. The first-order valence-corrected chi connectivity index (χ1v) is 8.27. The maximum atomic E-state index is 12.4. The number of carbonyl (C=O) groups is 1. The molecule has 0 unspecified atom stereocenters. The first kappa shape index (κ1) is 18.7. The number of hydrogen-bond donors (Lipinski definition) is 2. The van der Waals surface area contributed by atoms with Crippen LogP contribution in [0.4, 0.5) is 17.2 Å². The lowest BCUT2D eigenvalue weighted by atomic mass is 10.2. The van der Waals surface area contributed by atoms with E-state index in [9.17, 15) is 4.79 Å². The van der Waals surface area contributed by atoms with E-state index < -0.39 is 5.91 Å². The molecule has 8 heteroatoms. The summed E-state index contributed by atoms with van der Waals surface area (Å²) in [6.07, 6.45) is 0. The van der Waals surface area contributed by atoms with Crippen LogP contribution in [0.3, 0.4) is 0 Å². The van der Waals surface area contributed by atoms with E-state index >= 15 is 0 Å². The number of aromatic nitrogens is 2. The lowest BCUT2D eigenvalue weighted by Crippen LogP contribution is -2.14. The molecule has 8 nitrogen and oxygen atoms in total. The van der Waals surface area contributed by atoms with Gasteiger partial charge < -0.3 is 20.1 Å². The Morgan fingerprint density at radius 1 is 0.929 bits per heavy atom. The molecule has 0 radical (unpaired) electrons. The van der Waals surface area contributed by atoms with Crippen LogP contribution in [0.1, 0.15) is 16.1 Å². The van der Waals surface area contributed by atoms with Crippen LogP contribution in [0.25, 0.3) is 0 Å². The van der Waals surface area contributed by atoms with Crippen LogP contribution in [0.2, 0.25) is 0 Å². The molecule has 3 aromatic rings. The van der Waals surface area contributed by atoms with Gasteiger partial charge in [0.15, 0.2) is 23.0 Å². The zero-order chi connectivity index (χ0) is 19.9. The van der Waals surface area contributed by atoms with Crippen molar-refractivity contribution in [1.29, 1.82) is 5.26 Å². The van der Waals surface area contributed by atoms with Gasteiger partial charge in [-0.15, -0.1) is 10.2 Å². The van der Waals surface area contributed by atoms with Gasteiger partial charge in [-0.3, -0.25) is 4.79 Å². The number of anilines is 3. The van der Waals surface area contributed by atoms with Gasteiger partial charge in [-0.25, -0.2) is 0 Å². The maximum absolute atomic E-state index is 12.4. The quantitative estimate of drug-likeness (QED) is 0.680. The first-order valence-electron chi connectivity index (χ1n) is 8.27. The van der Waals surface area contributed by atoms with Gasteiger partial charge in [-0.05, 0) is 48.5 Å². The highest BCUT2D eigenvalue weighted by Crippen LogP contribution is 2.29. The van der Waals surface area contributed by atoms with Gasteiger partial charge >= 0.3 is 0 Å². The molecule has 0 fully saturated rings. The Morgan fingerprint density at radius 2 is 1.64 bits per heavy atom. The number of methoxy groups -OCH3 is 2. The van der Waals surface area contributed by atoms with E-state index in [2.05, 4.69) is 26.9 Å². The summed E-state index contributed by atoms with van der Waals surface area (Å²) < 4.78 is 10.4. The Labute approximate surface area is 161 Å². The summed E-state index contributed by atoms with van der Waals surface area (Å²) in [7, 11) is 3.06. The lowest BCUT2D eigenvalue weighted by molar-refractivity contribution is 0.102. The van der Waals surface area contributed by atoms with Crippen molar-refractivity contribution in [3.05, 3.63) is 65.9 Å². The number of carbonyl (C=O) groups excluding carboxylic acids is 1. The van der Waals surface area contributed by atoms with Crippen molar-refractivity contribution in [2.45, 2.75) is 0 Å². The summed E-state index contributed by atoms with van der Waals surface area (Å²) in [5.41, 5.74) is 2.04. The van der Waals surface area contributed by atoms with Gasteiger partial charge in [-0.2, -0.15) is 5.26 Å². The Balaban J connectivity index is 1.67. The number of hydrogen-bond acceptors (Lipinski definition) is 7. The van der Waals surface area contributed by atoms with Gasteiger partial charge in [0, 0.05) is 17.4 Å². The van der Waals surface area contributed by atoms with Crippen molar-refractivity contribution in [1.82, 2.24) is 10.2 Å². The molecule has 0 bridgehead atoms. The van der Waals surface area contributed by atoms with Crippen LogP contribution in [0.5, 0.6) is 11.5 Å². The molecule has 1 heterocycles. The van der Waals surface area contributed by atoms with Gasteiger partial charge in [0.05, 0.1) is 25.9 Å². The molecule has 140 valence electrons. The third-order valence-corrected chi connectivity index (χ3v) is 3.82. The molecule has 0 saturated carbocycles. The molecule has 0 aliphatic rings. The third kappa shape index (κ3) is 4.34. The summed E-state index contributed by atoms with van der Waals surface area (Å²) in [5.74, 6) is 1.16. The fourth-order valence-corrected chi connectivity index (χ4v) is 2.41. The molecule has 1 aromatic heterocycles. The van der Waals surface area contributed by atoms with Crippen molar-refractivity contribution in [3.8, 4) is 17.6 Å². The average Bonchev–Trinajstić information content (AvgIpc) is 2.74. The summed E-state index contributed by atoms with van der Waals surface area (Å²) in [4.78, 5) is 12.4. The molecule has 2 aromatic carbocycles. The number of nitriles is 1. The molecule has 0 atom stereocenters. The Kier molecular flexibility index (Phi) is 5.67. The average molecular weight is 375 g/mol.